The first kappa shape index (κ1) is 15.5. The van der Waals surface area contributed by atoms with Crippen molar-refractivity contribution in [2.75, 3.05) is 0 Å². The minimum absolute atomic E-state index is 0.0920. The minimum Gasteiger partial charge on any atom is -0.340 e. The average molecular weight is 316 g/mol. The lowest BCUT2D eigenvalue weighted by atomic mass is 9.88. The molecule has 0 saturated carbocycles. The second kappa shape index (κ2) is 5.38. The van der Waals surface area contributed by atoms with Gasteiger partial charge in [-0.15, -0.1) is 0 Å². The molecule has 0 spiro atoms. The highest BCUT2D eigenvalue weighted by molar-refractivity contribution is 6.01. The number of nitrogens with one attached hydrogen (secondary N) is 1. The molecule has 23 heavy (non-hydrogen) atoms. The first-order chi connectivity index (χ1) is 10.8. The number of fused-ring (bicyclic) bond motifs is 1. The maximum Gasteiger partial charge on any atom is 0.304 e. The number of hydrogen-bond acceptors (Lipinski definition) is 6. The van der Waals surface area contributed by atoms with Gasteiger partial charge in [0.1, 0.15) is 0 Å². The topological polar surface area (TPSA) is 120 Å². The Morgan fingerprint density at radius 3 is 2.61 bits per heavy atom. The molecule has 4 N–H and O–H groups in total. The molecule has 2 heterocycles. The highest BCUT2D eigenvalue weighted by Crippen LogP contribution is 2.30. The Morgan fingerprint density at radius 1 is 1.22 bits per heavy atom. The van der Waals surface area contributed by atoms with Crippen LogP contribution in [0.1, 0.15) is 35.6 Å². The van der Waals surface area contributed by atoms with E-state index in [-0.39, 0.29) is 23.8 Å². The molecular weight excluding hydrogens is 300 g/mol. The fraction of sp³-hybridized carbons (Fsp3) is 0.312. The number of piperidine rings is 1. The van der Waals surface area contributed by atoms with Gasteiger partial charge in [0.2, 0.25) is 11.8 Å². The minimum atomic E-state index is -2.92. The molecule has 1 aromatic carbocycles. The van der Waals surface area contributed by atoms with Gasteiger partial charge in [-0.3, -0.25) is 19.9 Å². The summed E-state index contributed by atoms with van der Waals surface area (Å²) in [7, 11) is 0. The van der Waals surface area contributed by atoms with Gasteiger partial charge in [-0.25, -0.2) is 0 Å². The van der Waals surface area contributed by atoms with Gasteiger partial charge >= 0.3 is 5.97 Å². The molecule has 7 nitrogen and oxygen atoms in total. The van der Waals surface area contributed by atoms with Gasteiger partial charge in [-0.05, 0) is 31.0 Å². The molecule has 7 heteroatoms. The average Bonchev–Trinajstić information content (AvgIpc) is 2.45. The van der Waals surface area contributed by atoms with Crippen LogP contribution >= 0.6 is 0 Å². The predicted octanol–water partition coefficient (Wildman–Crippen LogP) is 0.151. The fourth-order valence-corrected chi connectivity index (χ4v) is 2.83. The summed E-state index contributed by atoms with van der Waals surface area (Å²) in [6.07, 6.45) is 0.721. The van der Waals surface area contributed by atoms with Crippen molar-refractivity contribution < 1.29 is 24.9 Å². The number of rotatable bonds is 2. The number of pyridine rings is 1. The number of carbonyl (C=O) groups excluding carboxylic acids is 2. The highest BCUT2D eigenvalue weighted by atomic mass is 16.7. The maximum atomic E-state index is 12.0. The lowest BCUT2D eigenvalue weighted by Crippen LogP contribution is -2.39. The van der Waals surface area contributed by atoms with Gasteiger partial charge in [0.05, 0.1) is 11.4 Å². The summed E-state index contributed by atoms with van der Waals surface area (Å²) < 4.78 is 0. The van der Waals surface area contributed by atoms with Crippen LogP contribution in [0.15, 0.2) is 24.3 Å². The largest absolute Gasteiger partial charge is 0.340 e. The Labute approximate surface area is 131 Å². The van der Waals surface area contributed by atoms with Crippen molar-refractivity contribution in [3.63, 3.8) is 0 Å². The molecule has 1 aromatic heterocycles. The first-order valence-corrected chi connectivity index (χ1v) is 7.18. The number of benzene rings is 1. The Hall–Kier alpha value is -2.35. The van der Waals surface area contributed by atoms with Gasteiger partial charge in [0.15, 0.2) is 0 Å². The Morgan fingerprint density at radius 2 is 1.96 bits per heavy atom. The quantitative estimate of drug-likeness (QED) is 0.462. The molecule has 1 fully saturated rings. The molecule has 3 rings (SSSR count). The highest BCUT2D eigenvalue weighted by Gasteiger charge is 2.30. The summed E-state index contributed by atoms with van der Waals surface area (Å²) >= 11 is 0. The number of aryl methyl sites for hydroxylation is 1. The van der Waals surface area contributed by atoms with Crippen molar-refractivity contribution in [2.24, 2.45) is 0 Å². The summed E-state index contributed by atoms with van der Waals surface area (Å²) in [5.41, 5.74) is 1.73. The first-order valence-electron chi connectivity index (χ1n) is 7.18. The third-order valence-electron chi connectivity index (χ3n) is 4.05. The Bertz CT molecular complexity index is 810. The van der Waals surface area contributed by atoms with Crippen molar-refractivity contribution in [3.05, 3.63) is 41.1 Å². The van der Waals surface area contributed by atoms with E-state index in [0.29, 0.717) is 23.0 Å². The molecule has 0 aliphatic carbocycles. The van der Waals surface area contributed by atoms with Crippen LogP contribution in [-0.2, 0) is 15.6 Å². The summed E-state index contributed by atoms with van der Waals surface area (Å²) in [5.74, 6) is -3.96. The van der Waals surface area contributed by atoms with Crippen LogP contribution in [0.5, 0.6) is 0 Å². The summed E-state index contributed by atoms with van der Waals surface area (Å²) in [5, 5.41) is 30.7. The molecular formula is C16H16N2O5. The molecule has 1 aliphatic heterocycles. The molecule has 1 aliphatic rings. The number of nitrogens with zero attached hydrogens (tertiary/aromatic N) is 1. The molecule has 2 amide bonds. The number of hydrogen-bond donors (Lipinski definition) is 4. The molecule has 1 saturated heterocycles. The van der Waals surface area contributed by atoms with Crippen molar-refractivity contribution >= 4 is 22.7 Å². The Balaban J connectivity index is 2.05. The van der Waals surface area contributed by atoms with Gasteiger partial charge in [0.25, 0.3) is 0 Å². The van der Waals surface area contributed by atoms with Crippen LogP contribution in [-0.4, -0.2) is 32.1 Å². The predicted molar refractivity (Wildman–Crippen MR) is 79.9 cm³/mol. The second-order valence-electron chi connectivity index (χ2n) is 5.71. The van der Waals surface area contributed by atoms with E-state index in [4.69, 9.17) is 0 Å². The summed E-state index contributed by atoms with van der Waals surface area (Å²) in [6, 6.07) is 6.13. The van der Waals surface area contributed by atoms with Gasteiger partial charge in [0, 0.05) is 23.1 Å². The van der Waals surface area contributed by atoms with E-state index in [9.17, 15) is 24.9 Å². The molecule has 1 atom stereocenters. The van der Waals surface area contributed by atoms with Crippen molar-refractivity contribution in [2.45, 2.75) is 31.7 Å². The Kier molecular flexibility index (Phi) is 3.63. The monoisotopic (exact) mass is 316 g/mol. The van der Waals surface area contributed by atoms with Crippen LogP contribution < -0.4 is 5.32 Å². The third kappa shape index (κ3) is 2.94. The molecule has 120 valence electrons. The van der Waals surface area contributed by atoms with Crippen LogP contribution in [0.3, 0.4) is 0 Å². The number of carbonyl (C=O) groups is 2. The normalized spacial score (nSPS) is 19.0. The van der Waals surface area contributed by atoms with Crippen LogP contribution in [0.2, 0.25) is 0 Å². The summed E-state index contributed by atoms with van der Waals surface area (Å²) in [4.78, 5) is 27.7. The summed E-state index contributed by atoms with van der Waals surface area (Å²) in [6.45, 7) is 1.75. The van der Waals surface area contributed by atoms with Crippen molar-refractivity contribution in [1.29, 1.82) is 0 Å². The fourth-order valence-electron chi connectivity index (χ4n) is 2.83. The number of aromatic nitrogens is 1. The zero-order chi connectivity index (χ0) is 16.8. The van der Waals surface area contributed by atoms with E-state index < -0.39 is 11.9 Å². The molecule has 0 radical (unpaired) electrons. The van der Waals surface area contributed by atoms with E-state index >= 15 is 0 Å². The lowest BCUT2D eigenvalue weighted by Gasteiger charge is -2.22. The zero-order valence-corrected chi connectivity index (χ0v) is 12.4. The molecule has 1 unspecified atom stereocenters. The number of aliphatic hydroxyl groups is 3. The molecule has 2 aromatic rings. The van der Waals surface area contributed by atoms with Crippen LogP contribution in [0, 0.1) is 6.92 Å². The van der Waals surface area contributed by atoms with E-state index in [1.807, 2.05) is 0 Å². The van der Waals surface area contributed by atoms with Crippen molar-refractivity contribution in [3.8, 4) is 0 Å². The van der Waals surface area contributed by atoms with E-state index in [1.54, 1.807) is 19.1 Å². The van der Waals surface area contributed by atoms with E-state index in [0.717, 1.165) is 5.56 Å². The van der Waals surface area contributed by atoms with Gasteiger partial charge in [-0.2, -0.15) is 0 Å². The SMILES string of the molecule is Cc1nc2cc(C(O)(O)O)ccc2cc1C1CCC(=O)NC1=O. The smallest absolute Gasteiger partial charge is 0.304 e. The van der Waals surface area contributed by atoms with E-state index in [1.165, 1.54) is 12.1 Å². The van der Waals surface area contributed by atoms with E-state index in [2.05, 4.69) is 10.3 Å². The van der Waals surface area contributed by atoms with Crippen molar-refractivity contribution in [1.82, 2.24) is 10.3 Å². The maximum absolute atomic E-state index is 12.0. The van der Waals surface area contributed by atoms with Gasteiger partial charge < -0.3 is 15.3 Å². The number of imide groups is 1. The third-order valence-corrected chi connectivity index (χ3v) is 4.05. The van der Waals surface area contributed by atoms with Gasteiger partial charge in [-0.1, -0.05) is 12.1 Å². The number of amides is 2. The van der Waals surface area contributed by atoms with Crippen LogP contribution in [0.25, 0.3) is 10.9 Å². The van der Waals surface area contributed by atoms with Crippen LogP contribution in [0.4, 0.5) is 0 Å². The standard InChI is InChI=1S/C16H16N2O5/c1-8-12(11-4-5-14(19)18-15(11)20)6-9-2-3-10(16(21,22)23)7-13(9)17-8/h2-3,6-7,11,21-23H,4-5H2,1H3,(H,18,19,20). The molecule has 0 bridgehead atoms. The lowest BCUT2D eigenvalue weighted by molar-refractivity contribution is -0.323. The zero-order valence-electron chi connectivity index (χ0n) is 12.4. The second-order valence-corrected chi connectivity index (χ2v) is 5.71.